The number of rotatable bonds is 5. The number of pyridine rings is 1. The molecular formula is C18H22N6O. The van der Waals surface area contributed by atoms with Crippen LogP contribution in [0.15, 0.2) is 30.5 Å². The van der Waals surface area contributed by atoms with Crippen molar-refractivity contribution in [2.75, 3.05) is 43.1 Å². The summed E-state index contributed by atoms with van der Waals surface area (Å²) in [6.45, 7) is 5.88. The Morgan fingerprint density at radius 3 is 2.92 bits per heavy atom. The maximum atomic E-state index is 5.43. The molecule has 4 heterocycles. The van der Waals surface area contributed by atoms with Gasteiger partial charge >= 0.3 is 0 Å². The molecule has 1 saturated heterocycles. The van der Waals surface area contributed by atoms with Crippen LogP contribution in [0.4, 0.5) is 11.8 Å². The van der Waals surface area contributed by atoms with E-state index in [1.807, 2.05) is 31.3 Å². The van der Waals surface area contributed by atoms with Crippen molar-refractivity contribution < 1.29 is 4.74 Å². The van der Waals surface area contributed by atoms with Gasteiger partial charge in [0.15, 0.2) is 0 Å². The normalized spacial score (nSPS) is 14.8. The van der Waals surface area contributed by atoms with Crippen LogP contribution in [0.1, 0.15) is 11.4 Å². The number of aromatic nitrogens is 4. The molecule has 0 bridgehead atoms. The van der Waals surface area contributed by atoms with Crippen molar-refractivity contribution >= 4 is 22.8 Å². The zero-order valence-electron chi connectivity index (χ0n) is 14.3. The van der Waals surface area contributed by atoms with Gasteiger partial charge in [0.05, 0.1) is 18.6 Å². The summed E-state index contributed by atoms with van der Waals surface area (Å²) in [5.74, 6) is 1.62. The Labute approximate surface area is 146 Å². The predicted octanol–water partition coefficient (Wildman–Crippen LogP) is 2.15. The van der Waals surface area contributed by atoms with E-state index < -0.39 is 0 Å². The van der Waals surface area contributed by atoms with E-state index in [2.05, 4.69) is 26.3 Å². The second-order valence-electron chi connectivity index (χ2n) is 6.18. The number of H-pyrrole nitrogens is 1. The first kappa shape index (κ1) is 15.8. The van der Waals surface area contributed by atoms with Crippen molar-refractivity contribution in [3.8, 4) is 0 Å². The number of nitrogens with zero attached hydrogens (tertiary/aromatic N) is 4. The fraction of sp³-hybridized carbons (Fsp3) is 0.389. The van der Waals surface area contributed by atoms with Crippen LogP contribution in [0.5, 0.6) is 0 Å². The Hall–Kier alpha value is -2.67. The summed E-state index contributed by atoms with van der Waals surface area (Å²) in [4.78, 5) is 19.3. The molecule has 3 aromatic rings. The lowest BCUT2D eigenvalue weighted by atomic mass is 10.2. The molecule has 0 unspecified atom stereocenters. The smallest absolute Gasteiger partial charge is 0.229 e. The zero-order chi connectivity index (χ0) is 17.1. The van der Waals surface area contributed by atoms with Crippen LogP contribution in [0.2, 0.25) is 0 Å². The second-order valence-corrected chi connectivity index (χ2v) is 6.18. The lowest BCUT2D eigenvalue weighted by Crippen LogP contribution is -2.37. The number of morpholine rings is 1. The van der Waals surface area contributed by atoms with Crippen molar-refractivity contribution in [3.63, 3.8) is 0 Å². The third-order valence-electron chi connectivity index (χ3n) is 4.30. The molecule has 0 spiro atoms. The van der Waals surface area contributed by atoms with Crippen LogP contribution in [-0.4, -0.2) is 52.8 Å². The van der Waals surface area contributed by atoms with Gasteiger partial charge in [-0.3, -0.25) is 4.98 Å². The van der Waals surface area contributed by atoms with Gasteiger partial charge < -0.3 is 19.9 Å². The van der Waals surface area contributed by atoms with Gasteiger partial charge in [-0.1, -0.05) is 6.07 Å². The van der Waals surface area contributed by atoms with E-state index in [0.29, 0.717) is 13.2 Å². The lowest BCUT2D eigenvalue weighted by molar-refractivity contribution is 0.122. The lowest BCUT2D eigenvalue weighted by Gasteiger charge is -2.27. The second kappa shape index (κ2) is 7.06. The first-order valence-electron chi connectivity index (χ1n) is 8.63. The van der Waals surface area contributed by atoms with Crippen molar-refractivity contribution in [2.24, 2.45) is 0 Å². The monoisotopic (exact) mass is 338 g/mol. The zero-order valence-corrected chi connectivity index (χ0v) is 14.3. The van der Waals surface area contributed by atoms with Crippen LogP contribution in [0.25, 0.3) is 11.0 Å². The number of nitrogens with one attached hydrogen (secondary N) is 2. The quantitative estimate of drug-likeness (QED) is 0.742. The molecule has 0 aromatic carbocycles. The minimum absolute atomic E-state index is 0.716. The number of aromatic amines is 1. The Bertz CT molecular complexity index is 841. The first-order chi connectivity index (χ1) is 12.3. The molecule has 0 saturated carbocycles. The standard InChI is InChI=1S/C18H22N6O/c1-13-12-15-16(20-7-5-14-4-2-3-6-19-14)22-18(23-17(15)21-13)24-8-10-25-11-9-24/h2-4,6,12H,5,7-11H2,1H3,(H2,20,21,22,23). The maximum absolute atomic E-state index is 5.43. The maximum Gasteiger partial charge on any atom is 0.229 e. The number of ether oxygens (including phenoxy) is 1. The summed E-state index contributed by atoms with van der Waals surface area (Å²) < 4.78 is 5.43. The van der Waals surface area contributed by atoms with Gasteiger partial charge in [0.1, 0.15) is 11.5 Å². The number of hydrogen-bond donors (Lipinski definition) is 2. The third-order valence-corrected chi connectivity index (χ3v) is 4.30. The van der Waals surface area contributed by atoms with Crippen molar-refractivity contribution in [1.29, 1.82) is 0 Å². The molecule has 1 fully saturated rings. The highest BCUT2D eigenvalue weighted by Crippen LogP contribution is 2.24. The molecule has 0 radical (unpaired) electrons. The van der Waals surface area contributed by atoms with Gasteiger partial charge in [0, 0.05) is 43.6 Å². The highest BCUT2D eigenvalue weighted by atomic mass is 16.5. The van der Waals surface area contributed by atoms with E-state index in [1.54, 1.807) is 0 Å². The average Bonchev–Trinajstić information content (AvgIpc) is 3.03. The van der Waals surface area contributed by atoms with Gasteiger partial charge in [-0.05, 0) is 25.1 Å². The van der Waals surface area contributed by atoms with Crippen LogP contribution >= 0.6 is 0 Å². The van der Waals surface area contributed by atoms with Gasteiger partial charge in [0.25, 0.3) is 0 Å². The first-order valence-corrected chi connectivity index (χ1v) is 8.63. The summed E-state index contributed by atoms with van der Waals surface area (Å²) >= 11 is 0. The topological polar surface area (TPSA) is 79.0 Å². The fourth-order valence-corrected chi connectivity index (χ4v) is 3.02. The fourth-order valence-electron chi connectivity index (χ4n) is 3.02. The predicted molar refractivity (Wildman–Crippen MR) is 98.1 cm³/mol. The molecule has 1 aliphatic rings. The van der Waals surface area contributed by atoms with Crippen LogP contribution < -0.4 is 10.2 Å². The Balaban J connectivity index is 1.57. The number of anilines is 2. The number of aryl methyl sites for hydroxylation is 1. The van der Waals surface area contributed by atoms with Crippen molar-refractivity contribution in [2.45, 2.75) is 13.3 Å². The van der Waals surface area contributed by atoms with E-state index in [-0.39, 0.29) is 0 Å². The van der Waals surface area contributed by atoms with Crippen LogP contribution in [-0.2, 0) is 11.2 Å². The summed E-state index contributed by atoms with van der Waals surface area (Å²) in [6, 6.07) is 8.07. The molecule has 3 aromatic heterocycles. The molecule has 2 N–H and O–H groups in total. The molecule has 4 rings (SSSR count). The van der Waals surface area contributed by atoms with Gasteiger partial charge in [-0.15, -0.1) is 0 Å². The Morgan fingerprint density at radius 2 is 2.12 bits per heavy atom. The van der Waals surface area contributed by atoms with E-state index in [4.69, 9.17) is 14.7 Å². The van der Waals surface area contributed by atoms with Gasteiger partial charge in [-0.25, -0.2) is 0 Å². The third kappa shape index (κ3) is 3.56. The molecule has 25 heavy (non-hydrogen) atoms. The van der Waals surface area contributed by atoms with Gasteiger partial charge in [-0.2, -0.15) is 9.97 Å². The molecule has 0 atom stereocenters. The van der Waals surface area contributed by atoms with Crippen molar-refractivity contribution in [3.05, 3.63) is 41.9 Å². The van der Waals surface area contributed by atoms with Crippen LogP contribution in [0, 0.1) is 6.92 Å². The minimum atomic E-state index is 0.716. The summed E-state index contributed by atoms with van der Waals surface area (Å²) in [5, 5.41) is 4.48. The minimum Gasteiger partial charge on any atom is -0.378 e. The molecule has 0 amide bonds. The van der Waals surface area contributed by atoms with Gasteiger partial charge in [0.2, 0.25) is 5.95 Å². The number of fused-ring (bicyclic) bond motifs is 1. The van der Waals surface area contributed by atoms with E-state index in [0.717, 1.165) is 60.2 Å². The van der Waals surface area contributed by atoms with Crippen LogP contribution in [0.3, 0.4) is 0 Å². The van der Waals surface area contributed by atoms with E-state index in [1.165, 1.54) is 0 Å². The molecule has 7 nitrogen and oxygen atoms in total. The van der Waals surface area contributed by atoms with Crippen molar-refractivity contribution in [1.82, 2.24) is 19.9 Å². The Kier molecular flexibility index (Phi) is 4.47. The largest absolute Gasteiger partial charge is 0.378 e. The highest BCUT2D eigenvalue weighted by Gasteiger charge is 2.17. The molecule has 130 valence electrons. The average molecular weight is 338 g/mol. The van der Waals surface area contributed by atoms with E-state index in [9.17, 15) is 0 Å². The highest BCUT2D eigenvalue weighted by molar-refractivity contribution is 5.89. The molecule has 1 aliphatic heterocycles. The SMILES string of the molecule is Cc1cc2c(NCCc3ccccn3)nc(N3CCOCC3)nc2[nH]1. The summed E-state index contributed by atoms with van der Waals surface area (Å²) in [5.41, 5.74) is 3.02. The summed E-state index contributed by atoms with van der Waals surface area (Å²) in [6.07, 6.45) is 2.67. The molecule has 0 aliphatic carbocycles. The molecule has 7 heteroatoms. The Morgan fingerprint density at radius 1 is 1.24 bits per heavy atom. The summed E-state index contributed by atoms with van der Waals surface area (Å²) in [7, 11) is 0. The number of hydrogen-bond acceptors (Lipinski definition) is 6. The molecular weight excluding hydrogens is 316 g/mol. The van der Waals surface area contributed by atoms with E-state index >= 15 is 0 Å².